The Morgan fingerprint density at radius 3 is 2.24 bits per heavy atom. The number of hydrogen-bond acceptors (Lipinski definition) is 4. The summed E-state index contributed by atoms with van der Waals surface area (Å²) < 4.78 is 16.2. The molecular weight excluding hydrogens is 320 g/mol. The van der Waals surface area contributed by atoms with Gasteiger partial charge in [0.1, 0.15) is 12.4 Å². The van der Waals surface area contributed by atoms with Crippen molar-refractivity contribution < 1.29 is 19.0 Å². The minimum atomic E-state index is -0.316. The predicted octanol–water partition coefficient (Wildman–Crippen LogP) is 3.52. The van der Waals surface area contributed by atoms with Crippen LogP contribution in [0, 0.1) is 13.8 Å². The zero-order valence-corrected chi connectivity index (χ0v) is 15.0. The molecule has 0 fully saturated rings. The van der Waals surface area contributed by atoms with Gasteiger partial charge in [-0.15, -0.1) is 0 Å². The standard InChI is InChI=1S/C19H24N2O4/c1-13-5-7-16(23-3)15(11-13)21-19(22)20-9-10-25-17-8-6-14(2)12-18(17)24-4/h5-8,11-12H,9-10H2,1-4H3,(H2,20,21,22). The van der Waals surface area contributed by atoms with E-state index in [9.17, 15) is 4.79 Å². The predicted molar refractivity (Wildman–Crippen MR) is 98.0 cm³/mol. The highest BCUT2D eigenvalue weighted by molar-refractivity contribution is 5.91. The van der Waals surface area contributed by atoms with E-state index in [0.717, 1.165) is 11.1 Å². The highest BCUT2D eigenvalue weighted by atomic mass is 16.5. The average Bonchev–Trinajstić information content (AvgIpc) is 2.59. The Bertz CT molecular complexity index is 731. The van der Waals surface area contributed by atoms with Gasteiger partial charge in [-0.2, -0.15) is 0 Å². The minimum Gasteiger partial charge on any atom is -0.495 e. The Morgan fingerprint density at radius 2 is 1.56 bits per heavy atom. The summed E-state index contributed by atoms with van der Waals surface area (Å²) in [6.07, 6.45) is 0. The largest absolute Gasteiger partial charge is 0.495 e. The van der Waals surface area contributed by atoms with Crippen LogP contribution >= 0.6 is 0 Å². The molecule has 134 valence electrons. The van der Waals surface area contributed by atoms with Gasteiger partial charge in [-0.3, -0.25) is 0 Å². The molecule has 2 aromatic rings. The Morgan fingerprint density at radius 1 is 0.920 bits per heavy atom. The molecule has 0 radical (unpaired) electrons. The monoisotopic (exact) mass is 344 g/mol. The third-order valence-electron chi connectivity index (χ3n) is 3.57. The van der Waals surface area contributed by atoms with Gasteiger partial charge in [0, 0.05) is 0 Å². The molecule has 0 saturated heterocycles. The van der Waals surface area contributed by atoms with Crippen molar-refractivity contribution in [3.63, 3.8) is 0 Å². The number of carbonyl (C=O) groups is 1. The summed E-state index contributed by atoms with van der Waals surface area (Å²) in [5.74, 6) is 1.94. The number of methoxy groups -OCH3 is 2. The number of urea groups is 1. The highest BCUT2D eigenvalue weighted by Crippen LogP contribution is 2.27. The van der Waals surface area contributed by atoms with Crippen LogP contribution in [0.5, 0.6) is 17.2 Å². The van der Waals surface area contributed by atoms with Crippen molar-refractivity contribution in [1.29, 1.82) is 0 Å². The number of aryl methyl sites for hydroxylation is 2. The lowest BCUT2D eigenvalue weighted by Crippen LogP contribution is -2.32. The molecule has 0 aliphatic rings. The molecule has 0 spiro atoms. The zero-order chi connectivity index (χ0) is 18.2. The first-order valence-corrected chi connectivity index (χ1v) is 8.00. The molecular formula is C19H24N2O4. The van der Waals surface area contributed by atoms with Gasteiger partial charge in [0.15, 0.2) is 11.5 Å². The van der Waals surface area contributed by atoms with Gasteiger partial charge >= 0.3 is 6.03 Å². The van der Waals surface area contributed by atoms with Crippen LogP contribution in [0.2, 0.25) is 0 Å². The lowest BCUT2D eigenvalue weighted by atomic mass is 10.2. The van der Waals surface area contributed by atoms with Crippen LogP contribution in [0.3, 0.4) is 0 Å². The molecule has 0 heterocycles. The molecule has 0 unspecified atom stereocenters. The molecule has 2 rings (SSSR count). The van der Waals surface area contributed by atoms with Crippen molar-refractivity contribution in [2.75, 3.05) is 32.7 Å². The van der Waals surface area contributed by atoms with Crippen LogP contribution in [0.25, 0.3) is 0 Å². The van der Waals surface area contributed by atoms with Gasteiger partial charge in [0.2, 0.25) is 0 Å². The zero-order valence-electron chi connectivity index (χ0n) is 15.0. The summed E-state index contributed by atoms with van der Waals surface area (Å²) >= 11 is 0. The average molecular weight is 344 g/mol. The summed E-state index contributed by atoms with van der Waals surface area (Å²) in [7, 11) is 3.17. The minimum absolute atomic E-state index is 0.316. The molecule has 6 nitrogen and oxygen atoms in total. The second kappa shape index (κ2) is 8.82. The third kappa shape index (κ3) is 5.31. The van der Waals surface area contributed by atoms with E-state index in [1.165, 1.54) is 0 Å². The topological polar surface area (TPSA) is 68.8 Å². The van der Waals surface area contributed by atoms with Crippen LogP contribution < -0.4 is 24.8 Å². The quantitative estimate of drug-likeness (QED) is 0.754. The number of anilines is 1. The number of nitrogens with one attached hydrogen (secondary N) is 2. The lowest BCUT2D eigenvalue weighted by molar-refractivity contribution is 0.246. The van der Waals surface area contributed by atoms with Gasteiger partial charge in [-0.1, -0.05) is 12.1 Å². The Kier molecular flexibility index (Phi) is 6.51. The van der Waals surface area contributed by atoms with Gasteiger partial charge < -0.3 is 24.8 Å². The van der Waals surface area contributed by atoms with E-state index in [-0.39, 0.29) is 6.03 Å². The molecule has 0 aliphatic carbocycles. The van der Waals surface area contributed by atoms with Crippen LogP contribution in [0.1, 0.15) is 11.1 Å². The van der Waals surface area contributed by atoms with Crippen molar-refractivity contribution in [1.82, 2.24) is 5.32 Å². The van der Waals surface area contributed by atoms with E-state index in [4.69, 9.17) is 14.2 Å². The van der Waals surface area contributed by atoms with Gasteiger partial charge in [0.25, 0.3) is 0 Å². The van der Waals surface area contributed by atoms with E-state index in [2.05, 4.69) is 10.6 Å². The molecule has 0 aromatic heterocycles. The van der Waals surface area contributed by atoms with E-state index in [0.29, 0.717) is 36.1 Å². The number of amides is 2. The van der Waals surface area contributed by atoms with Crippen LogP contribution in [-0.4, -0.2) is 33.4 Å². The first-order valence-electron chi connectivity index (χ1n) is 8.00. The Hall–Kier alpha value is -2.89. The number of ether oxygens (including phenoxy) is 3. The van der Waals surface area contributed by atoms with Crippen LogP contribution in [-0.2, 0) is 0 Å². The summed E-state index contributed by atoms with van der Waals surface area (Å²) in [5, 5.41) is 5.53. The van der Waals surface area contributed by atoms with Crippen LogP contribution in [0.4, 0.5) is 10.5 Å². The number of hydrogen-bond donors (Lipinski definition) is 2. The van der Waals surface area contributed by atoms with Crippen molar-refractivity contribution in [2.24, 2.45) is 0 Å². The summed E-state index contributed by atoms with van der Waals surface area (Å²) in [6, 6.07) is 11.0. The molecule has 0 atom stereocenters. The first kappa shape index (κ1) is 18.4. The highest BCUT2D eigenvalue weighted by Gasteiger charge is 2.08. The van der Waals surface area contributed by atoms with Crippen molar-refractivity contribution in [2.45, 2.75) is 13.8 Å². The first-order chi connectivity index (χ1) is 12.0. The fourth-order valence-corrected chi connectivity index (χ4v) is 2.31. The number of rotatable bonds is 7. The summed E-state index contributed by atoms with van der Waals surface area (Å²) in [6.45, 7) is 4.62. The lowest BCUT2D eigenvalue weighted by Gasteiger charge is -2.13. The normalized spacial score (nSPS) is 10.1. The fourth-order valence-electron chi connectivity index (χ4n) is 2.31. The molecule has 2 aromatic carbocycles. The van der Waals surface area contributed by atoms with Crippen molar-refractivity contribution >= 4 is 11.7 Å². The van der Waals surface area contributed by atoms with Crippen LogP contribution in [0.15, 0.2) is 36.4 Å². The van der Waals surface area contributed by atoms with Gasteiger partial charge in [0.05, 0.1) is 26.5 Å². The van der Waals surface area contributed by atoms with Crippen molar-refractivity contribution in [3.05, 3.63) is 47.5 Å². The summed E-state index contributed by atoms with van der Waals surface area (Å²) in [5.41, 5.74) is 2.75. The van der Waals surface area contributed by atoms with E-state index in [1.807, 2.05) is 50.2 Å². The van der Waals surface area contributed by atoms with E-state index in [1.54, 1.807) is 14.2 Å². The van der Waals surface area contributed by atoms with Gasteiger partial charge in [-0.25, -0.2) is 4.79 Å². The van der Waals surface area contributed by atoms with E-state index >= 15 is 0 Å². The molecule has 0 aliphatic heterocycles. The second-order valence-corrected chi connectivity index (χ2v) is 5.59. The fraction of sp³-hybridized carbons (Fsp3) is 0.316. The molecule has 6 heteroatoms. The van der Waals surface area contributed by atoms with Gasteiger partial charge in [-0.05, 0) is 49.2 Å². The molecule has 0 saturated carbocycles. The summed E-state index contributed by atoms with van der Waals surface area (Å²) in [4.78, 5) is 12.0. The maximum Gasteiger partial charge on any atom is 0.319 e. The number of carbonyl (C=O) groups excluding carboxylic acids is 1. The third-order valence-corrected chi connectivity index (χ3v) is 3.57. The molecule has 0 bridgehead atoms. The van der Waals surface area contributed by atoms with E-state index < -0.39 is 0 Å². The Balaban J connectivity index is 1.82. The smallest absolute Gasteiger partial charge is 0.319 e. The molecule has 2 N–H and O–H groups in total. The molecule has 2 amide bonds. The second-order valence-electron chi connectivity index (χ2n) is 5.59. The Labute approximate surface area is 148 Å². The maximum atomic E-state index is 12.0. The maximum absolute atomic E-state index is 12.0. The number of benzene rings is 2. The molecule has 25 heavy (non-hydrogen) atoms. The SMILES string of the molecule is COc1ccc(C)cc1NC(=O)NCCOc1ccc(C)cc1OC. The van der Waals surface area contributed by atoms with Crippen molar-refractivity contribution in [3.8, 4) is 17.2 Å².